The second-order valence-corrected chi connectivity index (χ2v) is 6.10. The van der Waals surface area contributed by atoms with Crippen LogP contribution in [0.5, 0.6) is 0 Å². The van der Waals surface area contributed by atoms with E-state index in [2.05, 4.69) is 20.8 Å². The van der Waals surface area contributed by atoms with Crippen LogP contribution in [-0.4, -0.2) is 25.4 Å². The quantitative estimate of drug-likeness (QED) is 0.766. The highest BCUT2D eigenvalue weighted by atomic mass is 32.1. The summed E-state index contributed by atoms with van der Waals surface area (Å²) in [6, 6.07) is 4.91. The Balaban J connectivity index is 1.79. The minimum Gasteiger partial charge on any atom is -0.308 e. The Labute approximate surface area is 135 Å². The van der Waals surface area contributed by atoms with Crippen molar-refractivity contribution >= 4 is 39.2 Å². The fraction of sp³-hybridized carbons (Fsp3) is 0.286. The second-order valence-electron chi connectivity index (χ2n) is 5.04. The smallest absolute Gasteiger partial charge is 0.308 e. The number of hydrogen-bond donors (Lipinski definition) is 2. The number of aromatic nitrogens is 4. The first-order valence-electron chi connectivity index (χ1n) is 7.05. The normalized spacial score (nSPS) is 10.9. The number of fused-ring (bicyclic) bond motifs is 1. The van der Waals surface area contributed by atoms with E-state index in [-0.39, 0.29) is 5.69 Å². The lowest BCUT2D eigenvalue weighted by Crippen LogP contribution is -2.19. The molecule has 0 unspecified atom stereocenters. The molecule has 1 aromatic carbocycles. The molecule has 0 saturated carbocycles. The summed E-state index contributed by atoms with van der Waals surface area (Å²) in [5.74, 6) is 0. The number of urea groups is 1. The minimum atomic E-state index is -0.399. The summed E-state index contributed by atoms with van der Waals surface area (Å²) in [6.07, 6.45) is 0.777. The van der Waals surface area contributed by atoms with Crippen LogP contribution in [0, 0.1) is 0 Å². The van der Waals surface area contributed by atoms with Gasteiger partial charge in [-0.25, -0.2) is 9.59 Å². The predicted octanol–water partition coefficient (Wildman–Crippen LogP) is 1.93. The maximum atomic E-state index is 12.0. The number of imidazole rings is 1. The Kier molecular flexibility index (Phi) is 3.87. The van der Waals surface area contributed by atoms with E-state index >= 15 is 0 Å². The molecule has 0 saturated heterocycles. The molecule has 0 aliphatic heterocycles. The van der Waals surface area contributed by atoms with Gasteiger partial charge in [0, 0.05) is 19.8 Å². The van der Waals surface area contributed by atoms with Crippen molar-refractivity contribution in [2.45, 2.75) is 13.3 Å². The van der Waals surface area contributed by atoms with Gasteiger partial charge in [0.1, 0.15) is 5.01 Å². The Morgan fingerprint density at radius 2 is 1.91 bits per heavy atom. The molecular formula is C14H16N6O2S. The Morgan fingerprint density at radius 3 is 2.61 bits per heavy atom. The summed E-state index contributed by atoms with van der Waals surface area (Å²) in [4.78, 5) is 23.9. The first kappa shape index (κ1) is 15.2. The lowest BCUT2D eigenvalue weighted by Gasteiger charge is -2.05. The molecule has 2 aromatic heterocycles. The average molecular weight is 332 g/mol. The number of anilines is 2. The summed E-state index contributed by atoms with van der Waals surface area (Å²) < 4.78 is 3.10. The van der Waals surface area contributed by atoms with Gasteiger partial charge in [0.15, 0.2) is 0 Å². The molecule has 0 spiro atoms. The van der Waals surface area contributed by atoms with Crippen molar-refractivity contribution in [3.05, 3.63) is 33.7 Å². The highest BCUT2D eigenvalue weighted by molar-refractivity contribution is 7.15. The first-order valence-corrected chi connectivity index (χ1v) is 7.87. The molecule has 2 N–H and O–H groups in total. The Bertz CT molecular complexity index is 939. The van der Waals surface area contributed by atoms with Gasteiger partial charge >= 0.3 is 11.7 Å². The molecule has 0 bridgehead atoms. The lowest BCUT2D eigenvalue weighted by atomic mass is 10.2. The highest BCUT2D eigenvalue weighted by Crippen LogP contribution is 2.19. The van der Waals surface area contributed by atoms with Crippen LogP contribution in [0.4, 0.5) is 15.6 Å². The third-order valence-electron chi connectivity index (χ3n) is 3.52. The van der Waals surface area contributed by atoms with Crippen LogP contribution in [0.2, 0.25) is 0 Å². The van der Waals surface area contributed by atoms with Crippen molar-refractivity contribution in [3.63, 3.8) is 0 Å². The number of nitrogens with zero attached hydrogens (tertiary/aromatic N) is 4. The summed E-state index contributed by atoms with van der Waals surface area (Å²) in [5.41, 5.74) is 2.04. The standard InChI is InChI=1S/C14H16N6O2S/c1-4-11-17-18-13(23-11)16-12(21)15-8-5-6-9-10(7-8)20(3)14(22)19(9)2/h5-7H,4H2,1-3H3,(H2,15,16,18,21). The Morgan fingerprint density at radius 1 is 1.17 bits per heavy atom. The molecule has 0 atom stereocenters. The van der Waals surface area contributed by atoms with Crippen LogP contribution in [0.1, 0.15) is 11.9 Å². The monoisotopic (exact) mass is 332 g/mol. The summed E-state index contributed by atoms with van der Waals surface area (Å²) in [6.45, 7) is 1.98. The fourth-order valence-electron chi connectivity index (χ4n) is 2.29. The van der Waals surface area contributed by atoms with Gasteiger partial charge in [-0.15, -0.1) is 10.2 Å². The largest absolute Gasteiger partial charge is 0.328 e. The molecule has 9 heteroatoms. The number of rotatable bonds is 3. The van der Waals surface area contributed by atoms with E-state index < -0.39 is 6.03 Å². The molecule has 0 fully saturated rings. The molecule has 2 amide bonds. The SMILES string of the molecule is CCc1nnc(NC(=O)Nc2ccc3c(c2)n(C)c(=O)n3C)s1. The predicted molar refractivity (Wildman–Crippen MR) is 90.1 cm³/mol. The number of amides is 2. The van der Waals surface area contributed by atoms with Crippen molar-refractivity contribution in [1.82, 2.24) is 19.3 Å². The van der Waals surface area contributed by atoms with E-state index in [0.717, 1.165) is 22.5 Å². The minimum absolute atomic E-state index is 0.109. The van der Waals surface area contributed by atoms with Crippen LogP contribution in [-0.2, 0) is 20.5 Å². The average Bonchev–Trinajstić information content (AvgIpc) is 3.07. The lowest BCUT2D eigenvalue weighted by molar-refractivity contribution is 0.262. The molecule has 0 aliphatic carbocycles. The molecule has 23 heavy (non-hydrogen) atoms. The van der Waals surface area contributed by atoms with E-state index in [9.17, 15) is 9.59 Å². The Hall–Kier alpha value is -2.68. The van der Waals surface area contributed by atoms with Gasteiger partial charge in [0.2, 0.25) is 5.13 Å². The van der Waals surface area contributed by atoms with Crippen LogP contribution in [0.15, 0.2) is 23.0 Å². The maximum Gasteiger partial charge on any atom is 0.328 e. The number of hydrogen-bond acceptors (Lipinski definition) is 5. The van der Waals surface area contributed by atoms with Crippen molar-refractivity contribution in [3.8, 4) is 0 Å². The van der Waals surface area contributed by atoms with Crippen LogP contribution < -0.4 is 16.3 Å². The van der Waals surface area contributed by atoms with E-state index in [4.69, 9.17) is 0 Å². The summed E-state index contributed by atoms with van der Waals surface area (Å²) in [7, 11) is 3.41. The number of carbonyl (C=O) groups is 1. The molecule has 120 valence electrons. The van der Waals surface area contributed by atoms with E-state index in [0.29, 0.717) is 10.8 Å². The van der Waals surface area contributed by atoms with E-state index in [1.165, 1.54) is 15.9 Å². The zero-order valence-corrected chi connectivity index (χ0v) is 13.8. The first-order chi connectivity index (χ1) is 11.0. The van der Waals surface area contributed by atoms with Crippen molar-refractivity contribution < 1.29 is 4.79 Å². The van der Waals surface area contributed by atoms with Gasteiger partial charge in [-0.05, 0) is 24.6 Å². The highest BCUT2D eigenvalue weighted by Gasteiger charge is 2.11. The summed E-state index contributed by atoms with van der Waals surface area (Å²) >= 11 is 1.34. The van der Waals surface area contributed by atoms with Crippen molar-refractivity contribution in [1.29, 1.82) is 0 Å². The molecule has 0 aliphatic rings. The number of nitrogens with one attached hydrogen (secondary N) is 2. The van der Waals surface area contributed by atoms with Crippen molar-refractivity contribution in [2.24, 2.45) is 14.1 Å². The maximum absolute atomic E-state index is 12.0. The zero-order chi connectivity index (χ0) is 16.6. The molecule has 3 rings (SSSR count). The molecule has 2 heterocycles. The van der Waals surface area contributed by atoms with Gasteiger partial charge in [-0.3, -0.25) is 14.5 Å². The van der Waals surface area contributed by atoms with Crippen LogP contribution >= 0.6 is 11.3 Å². The number of benzene rings is 1. The van der Waals surface area contributed by atoms with Crippen LogP contribution in [0.25, 0.3) is 11.0 Å². The van der Waals surface area contributed by atoms with Gasteiger partial charge in [-0.2, -0.15) is 0 Å². The molecule has 3 aromatic rings. The van der Waals surface area contributed by atoms with Crippen molar-refractivity contribution in [2.75, 3.05) is 10.6 Å². The molecular weight excluding hydrogens is 316 g/mol. The third-order valence-corrected chi connectivity index (χ3v) is 4.50. The molecule has 8 nitrogen and oxygen atoms in total. The van der Waals surface area contributed by atoms with Gasteiger partial charge in [-0.1, -0.05) is 18.3 Å². The topological polar surface area (TPSA) is 93.8 Å². The second kappa shape index (κ2) is 5.84. The summed E-state index contributed by atoms with van der Waals surface area (Å²) in [5, 5.41) is 14.5. The van der Waals surface area contributed by atoms with Gasteiger partial charge < -0.3 is 5.32 Å². The van der Waals surface area contributed by atoms with E-state index in [1.54, 1.807) is 36.9 Å². The number of aryl methyl sites for hydroxylation is 3. The third kappa shape index (κ3) is 2.82. The van der Waals surface area contributed by atoms with Crippen LogP contribution in [0.3, 0.4) is 0 Å². The van der Waals surface area contributed by atoms with Gasteiger partial charge in [0.25, 0.3) is 0 Å². The number of carbonyl (C=O) groups excluding carboxylic acids is 1. The zero-order valence-electron chi connectivity index (χ0n) is 13.0. The fourth-order valence-corrected chi connectivity index (χ4v) is 2.97. The molecule has 0 radical (unpaired) electrons. The van der Waals surface area contributed by atoms with E-state index in [1.807, 2.05) is 6.92 Å². The van der Waals surface area contributed by atoms with Gasteiger partial charge in [0.05, 0.1) is 11.0 Å².